The van der Waals surface area contributed by atoms with E-state index in [9.17, 15) is 4.79 Å². The van der Waals surface area contributed by atoms with Gasteiger partial charge < -0.3 is 14.6 Å². The Hall–Kier alpha value is -3.93. The Morgan fingerprint density at radius 3 is 2.78 bits per heavy atom. The zero-order valence-electron chi connectivity index (χ0n) is 17.9. The van der Waals surface area contributed by atoms with Gasteiger partial charge >= 0.3 is 0 Å². The van der Waals surface area contributed by atoms with Crippen LogP contribution in [-0.4, -0.2) is 33.6 Å². The van der Waals surface area contributed by atoms with E-state index in [0.29, 0.717) is 31.7 Å². The number of allylic oxidation sites excluding steroid dienone is 1. The Morgan fingerprint density at radius 1 is 1.09 bits per heavy atom. The number of aromatic nitrogens is 3. The number of pyridine rings is 1. The van der Waals surface area contributed by atoms with Crippen molar-refractivity contribution < 1.29 is 9.53 Å². The standard InChI is InChI=1S/C26H26N4O2/c1-2-8-20-9-3-6-13-24(20)32-18-17-30-23-12-5-4-11-22(23)29-25(30)14-16-28-26(31)21-10-7-15-27-19-21/h2-7,9-13,15,19H,1,8,14,16-18H2,(H,28,31). The Morgan fingerprint density at radius 2 is 1.94 bits per heavy atom. The number of benzene rings is 2. The topological polar surface area (TPSA) is 69.0 Å². The molecular weight excluding hydrogens is 400 g/mol. The van der Waals surface area contributed by atoms with E-state index in [1.165, 1.54) is 0 Å². The molecule has 0 atom stereocenters. The third kappa shape index (κ3) is 5.03. The van der Waals surface area contributed by atoms with E-state index in [1.807, 2.05) is 42.5 Å². The number of carbonyl (C=O) groups excluding carboxylic acids is 1. The molecule has 0 fully saturated rings. The van der Waals surface area contributed by atoms with Crippen LogP contribution in [0.2, 0.25) is 0 Å². The summed E-state index contributed by atoms with van der Waals surface area (Å²) in [5.74, 6) is 1.66. The average molecular weight is 427 g/mol. The van der Waals surface area contributed by atoms with Gasteiger partial charge in [-0.05, 0) is 42.3 Å². The summed E-state index contributed by atoms with van der Waals surface area (Å²) in [6.45, 7) is 5.49. The maximum atomic E-state index is 12.3. The lowest BCUT2D eigenvalue weighted by Crippen LogP contribution is -2.26. The van der Waals surface area contributed by atoms with Crippen molar-refractivity contribution in [3.05, 3.63) is 103 Å². The predicted octanol–water partition coefficient (Wildman–Crippen LogP) is 4.21. The Kier molecular flexibility index (Phi) is 6.92. The number of fused-ring (bicyclic) bond motifs is 1. The van der Waals surface area contributed by atoms with Crippen molar-refractivity contribution in [3.63, 3.8) is 0 Å². The number of hydrogen-bond donors (Lipinski definition) is 1. The molecule has 0 saturated heterocycles. The largest absolute Gasteiger partial charge is 0.491 e. The van der Waals surface area contributed by atoms with Gasteiger partial charge in [0.25, 0.3) is 5.91 Å². The normalized spacial score (nSPS) is 10.8. The lowest BCUT2D eigenvalue weighted by molar-refractivity contribution is 0.0953. The first-order valence-electron chi connectivity index (χ1n) is 10.7. The van der Waals surface area contributed by atoms with Gasteiger partial charge in [0, 0.05) is 25.4 Å². The van der Waals surface area contributed by atoms with Crippen LogP contribution >= 0.6 is 0 Å². The van der Waals surface area contributed by atoms with Gasteiger partial charge in [0.05, 0.1) is 23.1 Å². The van der Waals surface area contributed by atoms with E-state index < -0.39 is 0 Å². The molecule has 0 unspecified atom stereocenters. The second-order valence-corrected chi connectivity index (χ2v) is 7.36. The van der Waals surface area contributed by atoms with Crippen LogP contribution in [0.1, 0.15) is 21.7 Å². The summed E-state index contributed by atoms with van der Waals surface area (Å²) in [5, 5.41) is 2.95. The average Bonchev–Trinajstić information content (AvgIpc) is 3.18. The number of rotatable bonds is 10. The summed E-state index contributed by atoms with van der Waals surface area (Å²) >= 11 is 0. The highest BCUT2D eigenvalue weighted by Crippen LogP contribution is 2.20. The van der Waals surface area contributed by atoms with E-state index in [2.05, 4.69) is 33.6 Å². The second kappa shape index (κ2) is 10.4. The molecule has 0 aliphatic rings. The first-order chi connectivity index (χ1) is 15.8. The monoisotopic (exact) mass is 426 g/mol. The van der Waals surface area contributed by atoms with Crippen molar-refractivity contribution in [3.8, 4) is 5.75 Å². The number of para-hydroxylation sites is 3. The highest BCUT2D eigenvalue weighted by atomic mass is 16.5. The van der Waals surface area contributed by atoms with Crippen LogP contribution in [-0.2, 0) is 19.4 Å². The fraction of sp³-hybridized carbons (Fsp3) is 0.192. The second-order valence-electron chi connectivity index (χ2n) is 7.36. The zero-order valence-corrected chi connectivity index (χ0v) is 17.9. The number of nitrogens with zero attached hydrogens (tertiary/aromatic N) is 3. The van der Waals surface area contributed by atoms with Crippen molar-refractivity contribution in [2.75, 3.05) is 13.2 Å². The molecule has 32 heavy (non-hydrogen) atoms. The van der Waals surface area contributed by atoms with Crippen molar-refractivity contribution in [2.45, 2.75) is 19.4 Å². The fourth-order valence-corrected chi connectivity index (χ4v) is 3.67. The van der Waals surface area contributed by atoms with Crippen molar-refractivity contribution in [1.82, 2.24) is 19.9 Å². The van der Waals surface area contributed by atoms with Crippen LogP contribution in [0.3, 0.4) is 0 Å². The first-order valence-corrected chi connectivity index (χ1v) is 10.7. The van der Waals surface area contributed by atoms with E-state index in [-0.39, 0.29) is 5.91 Å². The smallest absolute Gasteiger partial charge is 0.252 e. The molecule has 162 valence electrons. The summed E-state index contributed by atoms with van der Waals surface area (Å²) in [5.41, 5.74) is 3.67. The third-order valence-electron chi connectivity index (χ3n) is 5.20. The Balaban J connectivity index is 1.43. The molecule has 0 spiro atoms. The van der Waals surface area contributed by atoms with Crippen LogP contribution in [0.15, 0.2) is 85.7 Å². The van der Waals surface area contributed by atoms with Gasteiger partial charge in [0.15, 0.2) is 0 Å². The Bertz CT molecular complexity index is 1200. The molecule has 2 heterocycles. The van der Waals surface area contributed by atoms with Crippen molar-refractivity contribution in [2.24, 2.45) is 0 Å². The first kappa shape index (κ1) is 21.3. The molecule has 0 radical (unpaired) electrons. The summed E-state index contributed by atoms with van der Waals surface area (Å²) in [4.78, 5) is 21.1. The molecule has 0 aliphatic heterocycles. The van der Waals surface area contributed by atoms with E-state index in [0.717, 1.165) is 34.6 Å². The van der Waals surface area contributed by atoms with Crippen molar-refractivity contribution in [1.29, 1.82) is 0 Å². The minimum absolute atomic E-state index is 0.136. The molecule has 6 nitrogen and oxygen atoms in total. The molecule has 1 N–H and O–H groups in total. The van der Waals surface area contributed by atoms with E-state index in [1.54, 1.807) is 24.5 Å². The molecule has 2 aromatic heterocycles. The molecular formula is C26H26N4O2. The molecule has 0 bridgehead atoms. The number of hydrogen-bond acceptors (Lipinski definition) is 4. The SMILES string of the molecule is C=CCc1ccccc1OCCn1c(CCNC(=O)c2cccnc2)nc2ccccc21. The number of carbonyl (C=O) groups is 1. The fourth-order valence-electron chi connectivity index (χ4n) is 3.67. The van der Waals surface area contributed by atoms with Crippen molar-refractivity contribution >= 4 is 16.9 Å². The number of ether oxygens (including phenoxy) is 1. The van der Waals surface area contributed by atoms with E-state index in [4.69, 9.17) is 9.72 Å². The third-order valence-corrected chi connectivity index (χ3v) is 5.20. The summed E-state index contributed by atoms with van der Waals surface area (Å²) in [6.07, 6.45) is 6.48. The Labute approximate surface area is 187 Å². The zero-order chi connectivity index (χ0) is 22.2. The van der Waals surface area contributed by atoms with Gasteiger partial charge in [-0.1, -0.05) is 36.4 Å². The van der Waals surface area contributed by atoms with Crippen LogP contribution in [0, 0.1) is 0 Å². The lowest BCUT2D eigenvalue weighted by atomic mass is 10.1. The molecule has 4 rings (SSSR count). The highest BCUT2D eigenvalue weighted by molar-refractivity contribution is 5.93. The number of nitrogens with one attached hydrogen (secondary N) is 1. The van der Waals surface area contributed by atoms with Crippen LogP contribution in [0.4, 0.5) is 0 Å². The predicted molar refractivity (Wildman–Crippen MR) is 126 cm³/mol. The summed E-state index contributed by atoms with van der Waals surface area (Å²) < 4.78 is 8.26. The van der Waals surface area contributed by atoms with Gasteiger partial charge in [0.2, 0.25) is 0 Å². The van der Waals surface area contributed by atoms with Crippen LogP contribution < -0.4 is 10.1 Å². The van der Waals surface area contributed by atoms with Gasteiger partial charge in [-0.2, -0.15) is 0 Å². The molecule has 2 aromatic carbocycles. The van der Waals surface area contributed by atoms with Crippen LogP contribution in [0.25, 0.3) is 11.0 Å². The minimum atomic E-state index is -0.136. The lowest BCUT2D eigenvalue weighted by Gasteiger charge is -2.13. The molecule has 1 amide bonds. The maximum Gasteiger partial charge on any atom is 0.252 e. The molecule has 6 heteroatoms. The van der Waals surface area contributed by atoms with Gasteiger partial charge in [-0.15, -0.1) is 6.58 Å². The van der Waals surface area contributed by atoms with Gasteiger partial charge in [0.1, 0.15) is 18.2 Å². The molecule has 0 aliphatic carbocycles. The van der Waals surface area contributed by atoms with Crippen LogP contribution in [0.5, 0.6) is 5.75 Å². The molecule has 0 saturated carbocycles. The summed E-state index contributed by atoms with van der Waals surface area (Å²) in [7, 11) is 0. The molecule has 4 aromatic rings. The maximum absolute atomic E-state index is 12.3. The van der Waals surface area contributed by atoms with E-state index >= 15 is 0 Å². The highest BCUT2D eigenvalue weighted by Gasteiger charge is 2.12. The quantitative estimate of drug-likeness (QED) is 0.386. The van der Waals surface area contributed by atoms with Gasteiger partial charge in [-0.3, -0.25) is 9.78 Å². The minimum Gasteiger partial charge on any atom is -0.491 e. The summed E-state index contributed by atoms with van der Waals surface area (Å²) in [6, 6.07) is 19.6. The number of imidazole rings is 1. The van der Waals surface area contributed by atoms with Gasteiger partial charge in [-0.25, -0.2) is 4.98 Å². The number of amides is 1.